The second-order valence-electron chi connectivity index (χ2n) is 10.8. The Labute approximate surface area is 257 Å². The standard InChI is InChI=1S/C37H19N5OS/c38-20-22-12-14-28-32(18-22)44-33-19-23(21-39)13-15-29(33)42(28)30-10-3-7-27-36(30)43-31-11-2-1-6-24(31)37(27)25-8-4-16-40-34(25)35-26(37)9-5-17-41-35/h1-19H. The second kappa shape index (κ2) is 9.05. The Morgan fingerprint density at radius 1 is 0.614 bits per heavy atom. The SMILES string of the molecule is N#Cc1ccc2c(c1)Sc1cc(C#N)ccc1N2c1cccc2c1Oc1ccccc1C21c2cccnc2-c2ncccc21. The topological polar surface area (TPSA) is 85.8 Å². The van der Waals surface area contributed by atoms with Crippen LogP contribution in [0.5, 0.6) is 11.5 Å². The number of hydrogen-bond acceptors (Lipinski definition) is 7. The van der Waals surface area contributed by atoms with E-state index >= 15 is 0 Å². The van der Waals surface area contributed by atoms with Crippen molar-refractivity contribution in [3.63, 3.8) is 0 Å². The van der Waals surface area contributed by atoms with Crippen LogP contribution >= 0.6 is 11.8 Å². The van der Waals surface area contributed by atoms with Crippen LogP contribution in [0.4, 0.5) is 17.1 Å². The molecule has 6 nitrogen and oxygen atoms in total. The molecule has 204 valence electrons. The minimum absolute atomic E-state index is 0.578. The van der Waals surface area contributed by atoms with E-state index in [1.807, 2.05) is 73.1 Å². The highest BCUT2D eigenvalue weighted by atomic mass is 32.2. The molecule has 4 aromatic carbocycles. The van der Waals surface area contributed by atoms with E-state index in [1.54, 1.807) is 11.8 Å². The molecule has 9 rings (SSSR count). The molecule has 0 radical (unpaired) electrons. The van der Waals surface area contributed by atoms with Crippen molar-refractivity contribution >= 4 is 28.8 Å². The van der Waals surface area contributed by atoms with Gasteiger partial charge < -0.3 is 9.64 Å². The van der Waals surface area contributed by atoms with Gasteiger partial charge in [0.25, 0.3) is 0 Å². The Morgan fingerprint density at radius 3 is 1.84 bits per heavy atom. The molecule has 0 bridgehead atoms. The van der Waals surface area contributed by atoms with Crippen LogP contribution in [0.1, 0.15) is 33.4 Å². The summed E-state index contributed by atoms with van der Waals surface area (Å²) >= 11 is 1.56. The zero-order chi connectivity index (χ0) is 29.4. The van der Waals surface area contributed by atoms with Crippen molar-refractivity contribution in [1.29, 1.82) is 10.5 Å². The predicted molar refractivity (Wildman–Crippen MR) is 168 cm³/mol. The van der Waals surface area contributed by atoms with E-state index in [9.17, 15) is 10.5 Å². The molecule has 2 aromatic heterocycles. The van der Waals surface area contributed by atoms with Crippen molar-refractivity contribution in [3.8, 4) is 35.0 Å². The van der Waals surface area contributed by atoms with Gasteiger partial charge in [0.05, 0.1) is 57.1 Å². The van der Waals surface area contributed by atoms with Crippen LogP contribution in [0.3, 0.4) is 0 Å². The van der Waals surface area contributed by atoms with Gasteiger partial charge in [-0.1, -0.05) is 54.2 Å². The number of nitrogens with zero attached hydrogens (tertiary/aromatic N) is 5. The van der Waals surface area contributed by atoms with Gasteiger partial charge in [0.2, 0.25) is 0 Å². The molecule has 1 aliphatic carbocycles. The molecule has 0 unspecified atom stereocenters. The highest BCUT2D eigenvalue weighted by Crippen LogP contribution is 2.64. The lowest BCUT2D eigenvalue weighted by atomic mass is 9.66. The Hall–Kier alpha value is -5.89. The molecule has 3 aliphatic rings. The average molecular weight is 582 g/mol. The second-order valence-corrected chi connectivity index (χ2v) is 11.9. The van der Waals surface area contributed by atoms with E-state index in [2.05, 4.69) is 59.5 Å². The lowest BCUT2D eigenvalue weighted by Crippen LogP contribution is -2.33. The molecule has 0 saturated heterocycles. The number of nitriles is 2. The van der Waals surface area contributed by atoms with Crippen LogP contribution in [0.2, 0.25) is 0 Å². The van der Waals surface area contributed by atoms with Crippen molar-refractivity contribution < 1.29 is 4.74 Å². The lowest BCUT2D eigenvalue weighted by molar-refractivity contribution is 0.437. The quantitative estimate of drug-likeness (QED) is 0.192. The van der Waals surface area contributed by atoms with Gasteiger partial charge in [-0.15, -0.1) is 0 Å². The first kappa shape index (κ1) is 24.7. The maximum atomic E-state index is 9.68. The monoisotopic (exact) mass is 581 g/mol. The number of anilines is 3. The van der Waals surface area contributed by atoms with Gasteiger partial charge in [-0.25, -0.2) is 0 Å². The summed E-state index contributed by atoms with van der Waals surface area (Å²) in [5.41, 5.74) is 9.10. The third-order valence-electron chi connectivity index (χ3n) is 8.67. The summed E-state index contributed by atoms with van der Waals surface area (Å²) in [5.74, 6) is 1.50. The number of hydrogen-bond donors (Lipinski definition) is 0. The van der Waals surface area contributed by atoms with Gasteiger partial charge in [0, 0.05) is 33.3 Å². The maximum Gasteiger partial charge on any atom is 0.156 e. The third kappa shape index (κ3) is 3.14. The van der Waals surface area contributed by atoms with Crippen LogP contribution < -0.4 is 9.64 Å². The Bertz CT molecular complexity index is 2190. The molecule has 2 aliphatic heterocycles. The van der Waals surface area contributed by atoms with Gasteiger partial charge in [0.15, 0.2) is 5.75 Å². The van der Waals surface area contributed by atoms with Crippen molar-refractivity contribution in [2.24, 2.45) is 0 Å². The van der Waals surface area contributed by atoms with Crippen LogP contribution in [0, 0.1) is 22.7 Å². The molecule has 0 N–H and O–H groups in total. The summed E-state index contributed by atoms with van der Waals surface area (Å²) in [7, 11) is 0. The predicted octanol–water partition coefficient (Wildman–Crippen LogP) is 8.62. The molecule has 0 saturated carbocycles. The lowest BCUT2D eigenvalue weighted by Gasteiger charge is -2.41. The van der Waals surface area contributed by atoms with Gasteiger partial charge in [-0.05, 0) is 71.8 Å². The largest absolute Gasteiger partial charge is 0.454 e. The zero-order valence-electron chi connectivity index (χ0n) is 23.0. The molecule has 7 heteroatoms. The van der Waals surface area contributed by atoms with E-state index in [0.717, 1.165) is 72.0 Å². The van der Waals surface area contributed by atoms with E-state index in [4.69, 9.17) is 14.7 Å². The Morgan fingerprint density at radius 2 is 1.20 bits per heavy atom. The molecule has 1 spiro atoms. The van der Waals surface area contributed by atoms with Gasteiger partial charge in [0.1, 0.15) is 5.75 Å². The Kier molecular flexibility index (Phi) is 5.08. The van der Waals surface area contributed by atoms with Crippen molar-refractivity contribution in [2.75, 3.05) is 4.90 Å². The summed E-state index contributed by atoms with van der Waals surface area (Å²) in [5, 5.41) is 19.4. The first-order chi connectivity index (χ1) is 21.7. The smallest absolute Gasteiger partial charge is 0.156 e. The fourth-order valence-corrected chi connectivity index (χ4v) is 8.09. The summed E-state index contributed by atoms with van der Waals surface area (Å²) in [4.78, 5) is 13.7. The molecule has 4 heterocycles. The minimum atomic E-state index is -0.696. The van der Waals surface area contributed by atoms with Crippen molar-refractivity contribution in [2.45, 2.75) is 15.2 Å². The normalized spacial score (nSPS) is 14.1. The number of fused-ring (bicyclic) bond motifs is 11. The van der Waals surface area contributed by atoms with Crippen LogP contribution in [-0.4, -0.2) is 9.97 Å². The van der Waals surface area contributed by atoms with E-state index in [-0.39, 0.29) is 0 Å². The molecule has 0 fully saturated rings. The van der Waals surface area contributed by atoms with Crippen molar-refractivity contribution in [1.82, 2.24) is 9.97 Å². The summed E-state index contributed by atoms with van der Waals surface area (Å²) in [6, 6.07) is 38.8. The molecule has 0 amide bonds. The Balaban J connectivity index is 1.38. The molecular formula is C37H19N5OS. The average Bonchev–Trinajstić information content (AvgIpc) is 3.37. The summed E-state index contributed by atoms with van der Waals surface area (Å²) in [6.45, 7) is 0. The highest BCUT2D eigenvalue weighted by Gasteiger charge is 2.53. The number of rotatable bonds is 1. The first-order valence-electron chi connectivity index (χ1n) is 14.1. The number of para-hydroxylation sites is 2. The summed E-state index contributed by atoms with van der Waals surface area (Å²) < 4.78 is 6.90. The zero-order valence-corrected chi connectivity index (χ0v) is 23.8. The minimum Gasteiger partial charge on any atom is -0.454 e. The fraction of sp³-hybridized carbons (Fsp3) is 0.0270. The first-order valence-corrected chi connectivity index (χ1v) is 14.9. The third-order valence-corrected chi connectivity index (χ3v) is 9.76. The van der Waals surface area contributed by atoms with Gasteiger partial charge in [-0.2, -0.15) is 10.5 Å². The molecule has 0 atom stereocenters. The number of pyridine rings is 2. The molecule has 44 heavy (non-hydrogen) atoms. The number of benzene rings is 4. The molecule has 6 aromatic rings. The van der Waals surface area contributed by atoms with E-state index in [1.165, 1.54) is 0 Å². The van der Waals surface area contributed by atoms with Gasteiger partial charge in [-0.3, -0.25) is 9.97 Å². The number of aromatic nitrogens is 2. The van der Waals surface area contributed by atoms with Crippen molar-refractivity contribution in [3.05, 3.63) is 149 Å². The molecular weight excluding hydrogens is 563 g/mol. The number of ether oxygens (including phenoxy) is 1. The van der Waals surface area contributed by atoms with Gasteiger partial charge >= 0.3 is 0 Å². The van der Waals surface area contributed by atoms with E-state index in [0.29, 0.717) is 11.1 Å². The van der Waals surface area contributed by atoms with Crippen LogP contribution in [-0.2, 0) is 5.41 Å². The van der Waals surface area contributed by atoms with E-state index < -0.39 is 5.41 Å². The maximum absolute atomic E-state index is 9.68. The summed E-state index contributed by atoms with van der Waals surface area (Å²) in [6.07, 6.45) is 3.65. The fourth-order valence-electron chi connectivity index (χ4n) is 6.95. The van der Waals surface area contributed by atoms with Crippen LogP contribution in [0.15, 0.2) is 125 Å². The van der Waals surface area contributed by atoms with Crippen LogP contribution in [0.25, 0.3) is 11.4 Å². The highest BCUT2D eigenvalue weighted by molar-refractivity contribution is 7.99.